The molecule has 2 N–H and O–H groups in total. The van der Waals surface area contributed by atoms with Crippen LogP contribution in [0.4, 0.5) is 0 Å². The number of hydrogen-bond donors (Lipinski definition) is 2. The van der Waals surface area contributed by atoms with Crippen LogP contribution in [0.15, 0.2) is 23.8 Å². The third-order valence-electron chi connectivity index (χ3n) is 4.16. The fourth-order valence-corrected chi connectivity index (χ4v) is 2.89. The van der Waals surface area contributed by atoms with Crippen molar-refractivity contribution >= 4 is 17.5 Å². The van der Waals surface area contributed by atoms with E-state index in [1.54, 1.807) is 0 Å². The van der Waals surface area contributed by atoms with Gasteiger partial charge in [0.05, 0.1) is 7.11 Å². The van der Waals surface area contributed by atoms with Crippen LogP contribution in [0.5, 0.6) is 11.5 Å². The van der Waals surface area contributed by atoms with Crippen molar-refractivity contribution < 1.29 is 29.3 Å². The average Bonchev–Trinajstić information content (AvgIpc) is 2.56. The summed E-state index contributed by atoms with van der Waals surface area (Å²) in [7, 11) is 1.38. The number of aromatic hydroxyl groups is 1. The summed E-state index contributed by atoms with van der Waals surface area (Å²) in [4.78, 5) is 25.8. The van der Waals surface area contributed by atoms with Gasteiger partial charge in [-0.3, -0.25) is 9.69 Å². The van der Waals surface area contributed by atoms with Crippen LogP contribution in [0, 0.1) is 0 Å². The van der Waals surface area contributed by atoms with Gasteiger partial charge < -0.3 is 19.7 Å². The molecule has 0 aliphatic heterocycles. The molecule has 1 aromatic carbocycles. The van der Waals surface area contributed by atoms with Gasteiger partial charge in [0.25, 0.3) is 0 Å². The van der Waals surface area contributed by atoms with Crippen molar-refractivity contribution in [1.29, 1.82) is 0 Å². The minimum absolute atomic E-state index is 0.0410. The number of benzene rings is 1. The summed E-state index contributed by atoms with van der Waals surface area (Å²) in [5, 5.41) is 19.3. The maximum Gasteiger partial charge on any atom is 0.343 e. The molecule has 150 valence electrons. The Labute approximate surface area is 160 Å². The molecule has 0 saturated carbocycles. The van der Waals surface area contributed by atoms with E-state index in [1.165, 1.54) is 32.2 Å². The van der Waals surface area contributed by atoms with Crippen molar-refractivity contribution in [2.24, 2.45) is 0 Å². The maximum atomic E-state index is 11.9. The Morgan fingerprint density at radius 3 is 2.19 bits per heavy atom. The van der Waals surface area contributed by atoms with Gasteiger partial charge in [-0.05, 0) is 52.8 Å². The van der Waals surface area contributed by atoms with Gasteiger partial charge in [-0.1, -0.05) is 0 Å². The Kier molecular flexibility index (Phi) is 8.31. The normalized spacial score (nSPS) is 12.3. The molecule has 0 atom stereocenters. The Morgan fingerprint density at radius 1 is 1.15 bits per heavy atom. The summed E-state index contributed by atoms with van der Waals surface area (Å²) in [6.07, 6.45) is 0. The quantitative estimate of drug-likeness (QED) is 0.279. The van der Waals surface area contributed by atoms with E-state index in [9.17, 15) is 19.8 Å². The second-order valence-electron chi connectivity index (χ2n) is 6.73. The van der Waals surface area contributed by atoms with Crippen LogP contribution >= 0.6 is 0 Å². The van der Waals surface area contributed by atoms with Crippen LogP contribution in [0.3, 0.4) is 0 Å². The molecule has 0 spiro atoms. The molecule has 0 saturated heterocycles. The van der Waals surface area contributed by atoms with Crippen molar-refractivity contribution in [3.05, 3.63) is 29.3 Å². The number of nitrogens with zero attached hydrogens (tertiary/aromatic N) is 1. The molecular formula is C20H29NO6. The first-order valence-electron chi connectivity index (χ1n) is 8.84. The summed E-state index contributed by atoms with van der Waals surface area (Å²) >= 11 is 0. The largest absolute Gasteiger partial charge is 0.504 e. The molecule has 27 heavy (non-hydrogen) atoms. The van der Waals surface area contributed by atoms with E-state index in [4.69, 9.17) is 9.47 Å². The molecule has 7 nitrogen and oxygen atoms in total. The highest BCUT2D eigenvalue weighted by atomic mass is 16.5. The van der Waals surface area contributed by atoms with Crippen LogP contribution in [0.2, 0.25) is 0 Å². The second-order valence-corrected chi connectivity index (χ2v) is 6.73. The number of rotatable bonds is 10. The average molecular weight is 379 g/mol. The van der Waals surface area contributed by atoms with Crippen molar-refractivity contribution in [2.45, 2.75) is 46.7 Å². The van der Waals surface area contributed by atoms with Crippen LogP contribution < -0.4 is 4.74 Å². The van der Waals surface area contributed by atoms with Gasteiger partial charge in [-0.25, -0.2) is 4.79 Å². The number of ether oxygens (including phenoxy) is 2. The Hall–Kier alpha value is -2.54. The lowest BCUT2D eigenvalue weighted by molar-refractivity contribution is -0.134. The van der Waals surface area contributed by atoms with Crippen molar-refractivity contribution in [3.8, 4) is 11.5 Å². The molecule has 0 heterocycles. The fraction of sp³-hybridized carbons (Fsp3) is 0.500. The first-order chi connectivity index (χ1) is 12.6. The monoisotopic (exact) mass is 379 g/mol. The zero-order valence-corrected chi connectivity index (χ0v) is 16.8. The molecule has 0 bridgehead atoms. The van der Waals surface area contributed by atoms with E-state index in [0.717, 1.165) is 0 Å². The molecule has 0 amide bonds. The van der Waals surface area contributed by atoms with E-state index >= 15 is 0 Å². The summed E-state index contributed by atoms with van der Waals surface area (Å²) < 4.78 is 10.9. The number of ketones is 1. The molecule has 0 radical (unpaired) electrons. The second kappa shape index (κ2) is 9.97. The first kappa shape index (κ1) is 22.5. The number of hydrogen-bond acceptors (Lipinski definition) is 6. The highest BCUT2D eigenvalue weighted by molar-refractivity contribution is 6.20. The number of carbonyl (C=O) groups is 2. The van der Waals surface area contributed by atoms with Gasteiger partial charge in [-0.15, -0.1) is 0 Å². The van der Waals surface area contributed by atoms with Crippen LogP contribution in [-0.4, -0.2) is 59.2 Å². The first-order valence-corrected chi connectivity index (χ1v) is 8.84. The molecule has 1 rings (SSSR count). The molecule has 0 unspecified atom stereocenters. The highest BCUT2D eigenvalue weighted by Gasteiger charge is 2.24. The van der Waals surface area contributed by atoms with Crippen molar-refractivity contribution in [1.82, 2.24) is 4.90 Å². The van der Waals surface area contributed by atoms with E-state index in [2.05, 4.69) is 32.6 Å². The standard InChI is InChI=1S/C20H29NO6/c1-12(2)21(13(3)4)9-10-27-19(18(14(5)22)20(24)25)15-7-8-16(23)17(11-15)26-6/h7-8,11-13,23H,9-10H2,1-6H3,(H,24,25)/b19-18-. The molecule has 1 aromatic rings. The van der Waals surface area contributed by atoms with Gasteiger partial charge >= 0.3 is 5.97 Å². The van der Waals surface area contributed by atoms with E-state index in [0.29, 0.717) is 24.2 Å². The van der Waals surface area contributed by atoms with Gasteiger partial charge in [0.15, 0.2) is 17.3 Å². The maximum absolute atomic E-state index is 11.9. The molecule has 0 fully saturated rings. The minimum Gasteiger partial charge on any atom is -0.504 e. The third kappa shape index (κ3) is 5.99. The number of carbonyl (C=O) groups excluding carboxylic acids is 1. The van der Waals surface area contributed by atoms with Crippen LogP contribution in [0.25, 0.3) is 5.76 Å². The Morgan fingerprint density at radius 2 is 1.74 bits per heavy atom. The lowest BCUT2D eigenvalue weighted by Crippen LogP contribution is -2.39. The SMILES string of the molecule is COc1cc(/C(OCCN(C(C)C)C(C)C)=C(\C(C)=O)C(=O)O)ccc1O. The number of Topliss-reactive ketones (excluding diaryl/α,β-unsaturated/α-hetero) is 1. The summed E-state index contributed by atoms with van der Waals surface area (Å²) in [6.45, 7) is 10.2. The molecule has 7 heteroatoms. The molecule has 0 aliphatic carbocycles. The van der Waals surface area contributed by atoms with E-state index in [1.807, 2.05) is 0 Å². The zero-order chi connectivity index (χ0) is 20.7. The van der Waals surface area contributed by atoms with Crippen LogP contribution in [-0.2, 0) is 14.3 Å². The minimum atomic E-state index is -1.37. The van der Waals surface area contributed by atoms with Gasteiger partial charge in [0, 0.05) is 24.2 Å². The lowest BCUT2D eigenvalue weighted by atomic mass is 10.0. The molecule has 0 aliphatic rings. The molecular weight excluding hydrogens is 350 g/mol. The lowest BCUT2D eigenvalue weighted by Gasteiger charge is -2.30. The number of phenolic OH excluding ortho intramolecular Hbond substituents is 1. The topological polar surface area (TPSA) is 96.3 Å². The van der Waals surface area contributed by atoms with E-state index < -0.39 is 17.3 Å². The molecule has 0 aromatic heterocycles. The van der Waals surface area contributed by atoms with Gasteiger partial charge in [0.2, 0.25) is 0 Å². The number of methoxy groups -OCH3 is 1. The highest BCUT2D eigenvalue weighted by Crippen LogP contribution is 2.31. The predicted molar refractivity (Wildman–Crippen MR) is 103 cm³/mol. The zero-order valence-electron chi connectivity index (χ0n) is 16.8. The third-order valence-corrected chi connectivity index (χ3v) is 4.16. The smallest absolute Gasteiger partial charge is 0.343 e. The summed E-state index contributed by atoms with van der Waals surface area (Å²) in [5.74, 6) is -1.96. The van der Waals surface area contributed by atoms with Gasteiger partial charge in [0.1, 0.15) is 17.9 Å². The summed E-state index contributed by atoms with van der Waals surface area (Å²) in [6, 6.07) is 4.88. The summed E-state index contributed by atoms with van der Waals surface area (Å²) in [5.41, 5.74) is -0.0960. The number of carboxylic acid groups (broad SMARTS) is 1. The number of aliphatic carboxylic acids is 1. The Bertz CT molecular complexity index is 684. The number of phenols is 1. The van der Waals surface area contributed by atoms with Crippen molar-refractivity contribution in [3.63, 3.8) is 0 Å². The Balaban J connectivity index is 3.27. The number of carboxylic acids is 1. The van der Waals surface area contributed by atoms with Crippen LogP contribution in [0.1, 0.15) is 40.2 Å². The predicted octanol–water partition coefficient (Wildman–Crippen LogP) is 2.92. The van der Waals surface area contributed by atoms with Gasteiger partial charge in [-0.2, -0.15) is 0 Å². The van der Waals surface area contributed by atoms with Crippen molar-refractivity contribution in [2.75, 3.05) is 20.3 Å². The fourth-order valence-electron chi connectivity index (χ4n) is 2.89. The van der Waals surface area contributed by atoms with E-state index in [-0.39, 0.29) is 23.9 Å².